The number of hydrogen-bond donors (Lipinski definition) is 2. The summed E-state index contributed by atoms with van der Waals surface area (Å²) in [5.74, 6) is 2.76. The van der Waals surface area contributed by atoms with Gasteiger partial charge in [-0.25, -0.2) is 0 Å². The van der Waals surface area contributed by atoms with E-state index in [2.05, 4.69) is 10.3 Å². The van der Waals surface area contributed by atoms with Crippen molar-refractivity contribution >= 4 is 16.8 Å². The van der Waals surface area contributed by atoms with Crippen LogP contribution < -0.4 is 19.5 Å². The predicted octanol–water partition coefficient (Wildman–Crippen LogP) is 4.93. The van der Waals surface area contributed by atoms with Crippen LogP contribution in [0.2, 0.25) is 0 Å². The highest BCUT2D eigenvalue weighted by Gasteiger charge is 2.14. The zero-order valence-electron chi connectivity index (χ0n) is 16.4. The fourth-order valence-corrected chi connectivity index (χ4v) is 3.44. The molecule has 0 aliphatic carbocycles. The summed E-state index contributed by atoms with van der Waals surface area (Å²) in [6, 6.07) is 21.1. The van der Waals surface area contributed by atoms with Gasteiger partial charge in [-0.1, -0.05) is 18.2 Å². The van der Waals surface area contributed by atoms with Gasteiger partial charge in [-0.2, -0.15) is 0 Å². The van der Waals surface area contributed by atoms with Gasteiger partial charge >= 0.3 is 0 Å². The largest absolute Gasteiger partial charge is 0.457 e. The minimum atomic E-state index is -0.176. The predicted molar refractivity (Wildman–Crippen MR) is 113 cm³/mol. The average Bonchev–Trinajstić information content (AvgIpc) is 3.38. The van der Waals surface area contributed by atoms with E-state index in [4.69, 9.17) is 14.2 Å². The fraction of sp³-hybridized carbons (Fsp3) is 0.125. The number of amides is 1. The molecule has 5 rings (SSSR count). The molecule has 0 saturated heterocycles. The monoisotopic (exact) mass is 400 g/mol. The third-order valence-electron chi connectivity index (χ3n) is 4.95. The molecule has 1 amide bonds. The Hall–Kier alpha value is -3.93. The maximum Gasteiger partial charge on any atom is 0.267 e. The van der Waals surface area contributed by atoms with E-state index in [9.17, 15) is 4.79 Å². The summed E-state index contributed by atoms with van der Waals surface area (Å²) >= 11 is 0. The van der Waals surface area contributed by atoms with Crippen LogP contribution in [0.1, 0.15) is 21.6 Å². The smallest absolute Gasteiger partial charge is 0.267 e. The van der Waals surface area contributed by atoms with Gasteiger partial charge in [0.1, 0.15) is 17.2 Å². The van der Waals surface area contributed by atoms with E-state index in [1.165, 1.54) is 0 Å². The number of H-pyrrole nitrogens is 1. The van der Waals surface area contributed by atoms with Crippen LogP contribution in [0, 0.1) is 6.92 Å². The van der Waals surface area contributed by atoms with Crippen LogP contribution in [-0.2, 0) is 6.54 Å². The molecular weight excluding hydrogens is 380 g/mol. The molecule has 1 aromatic heterocycles. The Balaban J connectivity index is 1.29. The lowest BCUT2D eigenvalue weighted by atomic mass is 10.2. The molecule has 6 heteroatoms. The Morgan fingerprint density at radius 1 is 1.00 bits per heavy atom. The molecule has 0 spiro atoms. The van der Waals surface area contributed by atoms with Crippen molar-refractivity contribution < 1.29 is 19.0 Å². The minimum Gasteiger partial charge on any atom is -0.457 e. The highest BCUT2D eigenvalue weighted by atomic mass is 16.7. The van der Waals surface area contributed by atoms with Gasteiger partial charge in [0, 0.05) is 17.4 Å². The van der Waals surface area contributed by atoms with Crippen LogP contribution in [0.3, 0.4) is 0 Å². The highest BCUT2D eigenvalue weighted by Crippen LogP contribution is 2.32. The van der Waals surface area contributed by atoms with Crippen LogP contribution >= 0.6 is 0 Å². The molecule has 6 nitrogen and oxygen atoms in total. The maximum atomic E-state index is 12.6. The Morgan fingerprint density at radius 3 is 2.77 bits per heavy atom. The van der Waals surface area contributed by atoms with Crippen LogP contribution in [0.25, 0.3) is 10.9 Å². The Labute approximate surface area is 173 Å². The highest BCUT2D eigenvalue weighted by molar-refractivity contribution is 5.98. The molecule has 0 unspecified atom stereocenters. The van der Waals surface area contributed by atoms with Crippen LogP contribution in [-0.4, -0.2) is 17.7 Å². The second kappa shape index (κ2) is 7.48. The lowest BCUT2D eigenvalue weighted by Gasteiger charge is -2.06. The van der Waals surface area contributed by atoms with Crippen molar-refractivity contribution in [2.75, 3.05) is 6.79 Å². The quantitative estimate of drug-likeness (QED) is 0.498. The molecule has 0 atom stereocenters. The maximum absolute atomic E-state index is 12.6. The van der Waals surface area contributed by atoms with E-state index in [1.54, 1.807) is 0 Å². The first-order valence-electron chi connectivity index (χ1n) is 9.68. The van der Waals surface area contributed by atoms with Crippen molar-refractivity contribution in [3.8, 4) is 23.0 Å². The summed E-state index contributed by atoms with van der Waals surface area (Å²) in [5.41, 5.74) is 3.45. The first-order valence-corrected chi connectivity index (χ1v) is 9.68. The van der Waals surface area contributed by atoms with Gasteiger partial charge in [-0.15, -0.1) is 0 Å². The SMILES string of the molecule is Cc1cccc(Oc2ccc3[nH]c(C(=O)NCc4ccc5c(c4)OCO5)cc3c2)c1. The zero-order valence-corrected chi connectivity index (χ0v) is 16.4. The van der Waals surface area contributed by atoms with E-state index in [1.807, 2.05) is 73.7 Å². The first-order chi connectivity index (χ1) is 14.6. The van der Waals surface area contributed by atoms with Crippen molar-refractivity contribution in [2.24, 2.45) is 0 Å². The third kappa shape index (κ3) is 3.67. The second-order valence-electron chi connectivity index (χ2n) is 7.22. The van der Waals surface area contributed by atoms with Crippen LogP contribution in [0.15, 0.2) is 66.7 Å². The van der Waals surface area contributed by atoms with Crippen molar-refractivity contribution in [2.45, 2.75) is 13.5 Å². The van der Waals surface area contributed by atoms with E-state index >= 15 is 0 Å². The number of benzene rings is 3. The Kier molecular flexibility index (Phi) is 4.52. The molecule has 2 N–H and O–H groups in total. The molecule has 1 aliphatic heterocycles. The van der Waals surface area contributed by atoms with Crippen LogP contribution in [0.5, 0.6) is 23.0 Å². The molecule has 1 aliphatic rings. The number of hydrogen-bond acceptors (Lipinski definition) is 4. The molecule has 0 fully saturated rings. The number of aromatic nitrogens is 1. The van der Waals surface area contributed by atoms with Gasteiger partial charge in [-0.3, -0.25) is 4.79 Å². The molecule has 30 heavy (non-hydrogen) atoms. The Bertz CT molecular complexity index is 1250. The number of aryl methyl sites for hydroxylation is 1. The molecule has 0 radical (unpaired) electrons. The number of rotatable bonds is 5. The molecule has 3 aromatic carbocycles. The lowest BCUT2D eigenvalue weighted by Crippen LogP contribution is -2.23. The van der Waals surface area contributed by atoms with E-state index in [0.29, 0.717) is 18.0 Å². The van der Waals surface area contributed by atoms with Gasteiger partial charge < -0.3 is 24.5 Å². The topological polar surface area (TPSA) is 72.6 Å². The zero-order chi connectivity index (χ0) is 20.5. The van der Waals surface area contributed by atoms with Crippen LogP contribution in [0.4, 0.5) is 0 Å². The van der Waals surface area contributed by atoms with Crippen molar-refractivity contribution in [1.29, 1.82) is 0 Å². The molecule has 2 heterocycles. The normalized spacial score (nSPS) is 12.2. The summed E-state index contributed by atoms with van der Waals surface area (Å²) in [4.78, 5) is 15.8. The summed E-state index contributed by atoms with van der Waals surface area (Å²) in [6.45, 7) is 2.65. The van der Waals surface area contributed by atoms with E-state index in [0.717, 1.165) is 39.3 Å². The lowest BCUT2D eigenvalue weighted by molar-refractivity contribution is 0.0946. The number of carbonyl (C=O) groups is 1. The third-order valence-corrected chi connectivity index (χ3v) is 4.95. The van der Waals surface area contributed by atoms with Gasteiger partial charge in [0.2, 0.25) is 6.79 Å². The number of carbonyl (C=O) groups excluding carboxylic acids is 1. The fourth-order valence-electron chi connectivity index (χ4n) is 3.44. The second-order valence-corrected chi connectivity index (χ2v) is 7.22. The van der Waals surface area contributed by atoms with Gasteiger partial charge in [0.05, 0.1) is 0 Å². The molecule has 0 saturated carbocycles. The van der Waals surface area contributed by atoms with E-state index < -0.39 is 0 Å². The van der Waals surface area contributed by atoms with Gasteiger partial charge in [-0.05, 0) is 66.6 Å². The Morgan fingerprint density at radius 2 is 1.87 bits per heavy atom. The molecule has 0 bridgehead atoms. The number of ether oxygens (including phenoxy) is 3. The number of aromatic amines is 1. The summed E-state index contributed by atoms with van der Waals surface area (Å²) < 4.78 is 16.6. The standard InChI is InChI=1S/C24H20N2O4/c1-15-3-2-4-18(9-15)30-19-6-7-20-17(11-19)12-21(26-20)24(27)25-13-16-5-8-22-23(10-16)29-14-28-22/h2-12,26H,13-14H2,1H3,(H,25,27). The summed E-state index contributed by atoms with van der Waals surface area (Å²) in [6.07, 6.45) is 0. The summed E-state index contributed by atoms with van der Waals surface area (Å²) in [5, 5.41) is 3.84. The molecule has 150 valence electrons. The van der Waals surface area contributed by atoms with Crippen molar-refractivity contribution in [3.63, 3.8) is 0 Å². The number of fused-ring (bicyclic) bond motifs is 2. The molecular formula is C24H20N2O4. The first kappa shape index (κ1) is 18.1. The molecule has 4 aromatic rings. The minimum absolute atomic E-state index is 0.176. The van der Waals surface area contributed by atoms with E-state index in [-0.39, 0.29) is 12.7 Å². The van der Waals surface area contributed by atoms with Crippen molar-refractivity contribution in [1.82, 2.24) is 10.3 Å². The van der Waals surface area contributed by atoms with Crippen molar-refractivity contribution in [3.05, 3.63) is 83.6 Å². The average molecular weight is 400 g/mol. The van der Waals surface area contributed by atoms with Gasteiger partial charge in [0.15, 0.2) is 11.5 Å². The summed E-state index contributed by atoms with van der Waals surface area (Å²) in [7, 11) is 0. The number of nitrogens with one attached hydrogen (secondary N) is 2. The van der Waals surface area contributed by atoms with Gasteiger partial charge in [0.25, 0.3) is 5.91 Å².